The van der Waals surface area contributed by atoms with Gasteiger partial charge in [0, 0.05) is 12.8 Å². The summed E-state index contributed by atoms with van der Waals surface area (Å²) in [6, 6.07) is 0. The summed E-state index contributed by atoms with van der Waals surface area (Å²) < 4.78 is 0. The van der Waals surface area contributed by atoms with Crippen molar-refractivity contribution in [2.24, 2.45) is 0 Å². The second kappa shape index (κ2) is 4.97. The fraction of sp³-hybridized carbons (Fsp3) is 0.600. The molecule has 0 unspecified atom stereocenters. The highest BCUT2D eigenvalue weighted by molar-refractivity contribution is 9.09. The molecule has 3 heteroatoms. The number of hydrogen-bond acceptors (Lipinski definition) is 2. The summed E-state index contributed by atoms with van der Waals surface area (Å²) >= 11 is 2.97. The maximum Gasteiger partial charge on any atom is 0.198 e. The highest BCUT2D eigenvalue weighted by atomic mass is 79.9. The predicted molar refractivity (Wildman–Crippen MR) is 33.7 cm³/mol. The first kappa shape index (κ1) is 7.82. The van der Waals surface area contributed by atoms with Crippen LogP contribution < -0.4 is 0 Å². The van der Waals surface area contributed by atoms with Crippen LogP contribution in [0.5, 0.6) is 0 Å². The minimum absolute atomic E-state index is 0.0494. The molecule has 0 fully saturated rings. The van der Waals surface area contributed by atoms with Gasteiger partial charge < -0.3 is 0 Å². The van der Waals surface area contributed by atoms with E-state index >= 15 is 0 Å². The lowest BCUT2D eigenvalue weighted by Gasteiger charge is -1.85. The summed E-state index contributed by atoms with van der Waals surface area (Å²) in [5, 5.41) is 0.342. The first-order chi connectivity index (χ1) is 3.81. The Balaban J connectivity index is 3.11. The first-order valence-electron chi connectivity index (χ1n) is 2.24. The number of hydrogen-bond donors (Lipinski definition) is 0. The molecule has 0 bridgehead atoms. The molecule has 0 aliphatic rings. The van der Waals surface area contributed by atoms with Crippen molar-refractivity contribution in [3.63, 3.8) is 0 Å². The standard InChI is InChI=1S/C5H6BrO2/c6-4-5(8)2-1-3-7/h1-2,4H2. The Morgan fingerprint density at radius 1 is 1.62 bits per heavy atom. The Kier molecular flexibility index (Phi) is 4.85. The summed E-state index contributed by atoms with van der Waals surface area (Å²) in [6.07, 6.45) is 2.18. The minimum atomic E-state index is 0.0494. The lowest BCUT2D eigenvalue weighted by Crippen LogP contribution is -1.97. The van der Waals surface area contributed by atoms with Gasteiger partial charge in [-0.15, -0.1) is 0 Å². The maximum absolute atomic E-state index is 10.3. The summed E-state index contributed by atoms with van der Waals surface area (Å²) in [5.74, 6) is 0.0494. The molecule has 8 heavy (non-hydrogen) atoms. The molecule has 0 N–H and O–H groups in total. The smallest absolute Gasteiger partial charge is 0.198 e. The van der Waals surface area contributed by atoms with E-state index in [4.69, 9.17) is 0 Å². The van der Waals surface area contributed by atoms with Gasteiger partial charge in [-0.1, -0.05) is 15.9 Å². The third-order valence-corrected chi connectivity index (χ3v) is 1.28. The normalized spacial score (nSPS) is 8.62. The van der Waals surface area contributed by atoms with Crippen LogP contribution in [0.2, 0.25) is 0 Å². The molecule has 0 amide bonds. The molecule has 2 nitrogen and oxygen atoms in total. The largest absolute Gasteiger partial charge is 0.299 e. The van der Waals surface area contributed by atoms with Gasteiger partial charge in [-0.3, -0.25) is 9.59 Å². The van der Waals surface area contributed by atoms with Gasteiger partial charge in [-0.25, -0.2) is 0 Å². The Morgan fingerprint density at radius 2 is 2.25 bits per heavy atom. The molecule has 0 rings (SSSR count). The highest BCUT2D eigenvalue weighted by Gasteiger charge is 1.95. The molecular weight excluding hydrogens is 172 g/mol. The van der Waals surface area contributed by atoms with E-state index in [1.807, 2.05) is 0 Å². The fourth-order valence-electron chi connectivity index (χ4n) is 0.257. The summed E-state index contributed by atoms with van der Waals surface area (Å²) in [4.78, 5) is 19.9. The third kappa shape index (κ3) is 3.99. The number of halogens is 1. The lowest BCUT2D eigenvalue weighted by molar-refractivity contribution is -0.116. The number of carbonyl (C=O) groups is 1. The van der Waals surface area contributed by atoms with Crippen LogP contribution in [-0.4, -0.2) is 17.4 Å². The SMILES string of the molecule is O=[C]CCC(=O)CBr. The molecule has 0 atom stereocenters. The van der Waals surface area contributed by atoms with Crippen LogP contribution in [-0.2, 0) is 9.59 Å². The van der Waals surface area contributed by atoms with E-state index in [1.54, 1.807) is 6.29 Å². The topological polar surface area (TPSA) is 34.1 Å². The van der Waals surface area contributed by atoms with Crippen molar-refractivity contribution >= 4 is 28.0 Å². The molecule has 45 valence electrons. The zero-order valence-corrected chi connectivity index (χ0v) is 5.90. The summed E-state index contributed by atoms with van der Waals surface area (Å²) in [6.45, 7) is 0. The molecule has 0 aromatic heterocycles. The van der Waals surface area contributed by atoms with Crippen LogP contribution in [0.15, 0.2) is 0 Å². The van der Waals surface area contributed by atoms with Crippen LogP contribution in [0.1, 0.15) is 12.8 Å². The Morgan fingerprint density at radius 3 is 2.62 bits per heavy atom. The van der Waals surface area contributed by atoms with E-state index in [1.165, 1.54) is 0 Å². The van der Waals surface area contributed by atoms with Gasteiger partial charge in [-0.05, 0) is 0 Å². The molecule has 0 aromatic carbocycles. The van der Waals surface area contributed by atoms with Gasteiger partial charge in [0.25, 0.3) is 0 Å². The third-order valence-electron chi connectivity index (χ3n) is 0.655. The fourth-order valence-corrected chi connectivity index (χ4v) is 0.538. The average Bonchev–Trinajstić information content (AvgIpc) is 1.83. The van der Waals surface area contributed by atoms with Gasteiger partial charge in [0.1, 0.15) is 5.78 Å². The van der Waals surface area contributed by atoms with Gasteiger partial charge >= 0.3 is 0 Å². The maximum atomic E-state index is 10.3. The van der Waals surface area contributed by atoms with Crippen molar-refractivity contribution in [2.75, 3.05) is 5.33 Å². The van der Waals surface area contributed by atoms with Crippen molar-refractivity contribution < 1.29 is 9.59 Å². The number of alkyl halides is 1. The number of Topliss-reactive ketones (excluding diaryl/α,β-unsaturated/α-hetero) is 1. The molecular formula is C5H6BrO2. The Hall–Kier alpha value is -0.180. The zero-order valence-electron chi connectivity index (χ0n) is 4.32. The molecule has 0 saturated heterocycles. The van der Waals surface area contributed by atoms with Crippen molar-refractivity contribution in [2.45, 2.75) is 12.8 Å². The quantitative estimate of drug-likeness (QED) is 0.597. The van der Waals surface area contributed by atoms with Gasteiger partial charge in [-0.2, -0.15) is 0 Å². The molecule has 0 spiro atoms. The Labute approximate surface area is 56.4 Å². The predicted octanol–water partition coefficient (Wildman–Crippen LogP) is 0.840. The molecule has 0 aliphatic carbocycles. The number of carbonyl (C=O) groups excluding carboxylic acids is 2. The summed E-state index contributed by atoms with van der Waals surface area (Å²) in [5.41, 5.74) is 0. The average molecular weight is 178 g/mol. The van der Waals surface area contributed by atoms with Crippen LogP contribution in [0, 0.1) is 0 Å². The van der Waals surface area contributed by atoms with Crippen molar-refractivity contribution in [3.8, 4) is 0 Å². The van der Waals surface area contributed by atoms with E-state index in [-0.39, 0.29) is 12.2 Å². The van der Waals surface area contributed by atoms with Gasteiger partial charge in [0.2, 0.25) is 0 Å². The van der Waals surface area contributed by atoms with Crippen LogP contribution in [0.4, 0.5) is 0 Å². The van der Waals surface area contributed by atoms with Gasteiger partial charge in [0.05, 0.1) is 5.33 Å². The van der Waals surface area contributed by atoms with E-state index in [2.05, 4.69) is 15.9 Å². The van der Waals surface area contributed by atoms with Crippen LogP contribution in [0.25, 0.3) is 0 Å². The Bertz CT molecular complexity index is 90.4. The van der Waals surface area contributed by atoms with Crippen LogP contribution >= 0.6 is 15.9 Å². The first-order valence-corrected chi connectivity index (χ1v) is 3.36. The molecule has 0 aromatic rings. The van der Waals surface area contributed by atoms with Crippen molar-refractivity contribution in [1.82, 2.24) is 0 Å². The van der Waals surface area contributed by atoms with E-state index in [9.17, 15) is 9.59 Å². The number of ketones is 1. The number of rotatable bonds is 4. The molecule has 1 radical (unpaired) electrons. The second-order valence-electron chi connectivity index (χ2n) is 1.32. The van der Waals surface area contributed by atoms with Crippen LogP contribution in [0.3, 0.4) is 0 Å². The zero-order chi connectivity index (χ0) is 6.41. The van der Waals surface area contributed by atoms with Crippen molar-refractivity contribution in [1.29, 1.82) is 0 Å². The summed E-state index contributed by atoms with van der Waals surface area (Å²) in [7, 11) is 0. The van der Waals surface area contributed by atoms with Crippen molar-refractivity contribution in [3.05, 3.63) is 0 Å². The lowest BCUT2D eigenvalue weighted by atomic mass is 10.2. The van der Waals surface area contributed by atoms with Gasteiger partial charge in [0.15, 0.2) is 6.29 Å². The minimum Gasteiger partial charge on any atom is -0.299 e. The monoisotopic (exact) mass is 177 g/mol. The van der Waals surface area contributed by atoms with E-state index in [0.717, 1.165) is 0 Å². The second-order valence-corrected chi connectivity index (χ2v) is 1.88. The highest BCUT2D eigenvalue weighted by Crippen LogP contribution is 1.90. The molecule has 0 aliphatic heterocycles. The molecule has 0 heterocycles. The van der Waals surface area contributed by atoms with E-state index < -0.39 is 0 Å². The van der Waals surface area contributed by atoms with E-state index in [0.29, 0.717) is 11.8 Å². The molecule has 0 saturated carbocycles.